The van der Waals surface area contributed by atoms with Crippen molar-refractivity contribution in [1.82, 2.24) is 0 Å². The second-order valence-corrected chi connectivity index (χ2v) is 3.36. The number of halogens is 3. The average Bonchev–Trinajstić information content (AvgIpc) is 2.25. The summed E-state index contributed by atoms with van der Waals surface area (Å²) >= 11 is 0. The summed E-state index contributed by atoms with van der Waals surface area (Å²) in [5.74, 6) is -4.00. The van der Waals surface area contributed by atoms with Gasteiger partial charge in [-0.05, 0) is 13.0 Å². The van der Waals surface area contributed by atoms with Crippen LogP contribution in [0.25, 0.3) is 0 Å². The monoisotopic (exact) mass is 219 g/mol. The standard InChI is InChI=1S/C10H12F3NO/c1-10(5-14,15-2)6-3-4-7(11)9(13)8(6)12/h3-4H,5,14H2,1-2H3. The zero-order valence-corrected chi connectivity index (χ0v) is 8.48. The highest BCUT2D eigenvalue weighted by molar-refractivity contribution is 5.26. The van der Waals surface area contributed by atoms with Gasteiger partial charge in [-0.1, -0.05) is 6.07 Å². The van der Waals surface area contributed by atoms with E-state index in [4.69, 9.17) is 10.5 Å². The first kappa shape index (κ1) is 12.0. The molecule has 1 rings (SSSR count). The van der Waals surface area contributed by atoms with Gasteiger partial charge >= 0.3 is 0 Å². The van der Waals surface area contributed by atoms with E-state index in [0.29, 0.717) is 0 Å². The number of nitrogens with two attached hydrogens (primary N) is 1. The molecule has 0 saturated heterocycles. The number of hydrogen-bond acceptors (Lipinski definition) is 2. The van der Waals surface area contributed by atoms with Crippen LogP contribution in [-0.2, 0) is 10.3 Å². The molecule has 1 aromatic carbocycles. The van der Waals surface area contributed by atoms with E-state index in [0.717, 1.165) is 12.1 Å². The van der Waals surface area contributed by atoms with Crippen molar-refractivity contribution in [3.05, 3.63) is 35.1 Å². The van der Waals surface area contributed by atoms with Crippen molar-refractivity contribution in [2.75, 3.05) is 13.7 Å². The molecule has 0 spiro atoms. The minimum Gasteiger partial charge on any atom is -0.372 e. The summed E-state index contributed by atoms with van der Waals surface area (Å²) in [4.78, 5) is 0. The molecular formula is C10H12F3NO. The maximum atomic E-state index is 13.4. The Kier molecular flexibility index (Phi) is 3.36. The van der Waals surface area contributed by atoms with Crippen LogP contribution in [0.5, 0.6) is 0 Å². The number of ether oxygens (including phenoxy) is 1. The van der Waals surface area contributed by atoms with Gasteiger partial charge in [-0.3, -0.25) is 0 Å². The molecule has 0 amide bonds. The smallest absolute Gasteiger partial charge is 0.194 e. The van der Waals surface area contributed by atoms with Gasteiger partial charge in [0.2, 0.25) is 0 Å². The van der Waals surface area contributed by atoms with E-state index in [1.54, 1.807) is 0 Å². The van der Waals surface area contributed by atoms with Gasteiger partial charge in [0.1, 0.15) is 5.60 Å². The van der Waals surface area contributed by atoms with Crippen molar-refractivity contribution < 1.29 is 17.9 Å². The van der Waals surface area contributed by atoms with Gasteiger partial charge in [-0.25, -0.2) is 13.2 Å². The van der Waals surface area contributed by atoms with Crippen LogP contribution in [0.15, 0.2) is 12.1 Å². The highest BCUT2D eigenvalue weighted by atomic mass is 19.2. The molecule has 0 fully saturated rings. The van der Waals surface area contributed by atoms with Crippen molar-refractivity contribution in [2.24, 2.45) is 5.73 Å². The van der Waals surface area contributed by atoms with Gasteiger partial charge in [0, 0.05) is 19.2 Å². The Bertz CT molecular complexity index is 364. The molecule has 5 heteroatoms. The summed E-state index contributed by atoms with van der Waals surface area (Å²) in [6, 6.07) is 1.98. The maximum Gasteiger partial charge on any atom is 0.194 e. The van der Waals surface area contributed by atoms with Crippen LogP contribution in [0.4, 0.5) is 13.2 Å². The van der Waals surface area contributed by atoms with Gasteiger partial charge in [-0.2, -0.15) is 0 Å². The highest BCUT2D eigenvalue weighted by Crippen LogP contribution is 2.28. The SMILES string of the molecule is COC(C)(CN)c1ccc(F)c(F)c1F. The lowest BCUT2D eigenvalue weighted by atomic mass is 9.95. The van der Waals surface area contributed by atoms with Gasteiger partial charge in [0.05, 0.1) is 0 Å². The van der Waals surface area contributed by atoms with Crippen LogP contribution in [-0.4, -0.2) is 13.7 Å². The molecule has 2 N–H and O–H groups in total. The molecule has 1 atom stereocenters. The van der Waals surface area contributed by atoms with Crippen LogP contribution in [0, 0.1) is 17.5 Å². The topological polar surface area (TPSA) is 35.2 Å². The Balaban J connectivity index is 3.32. The number of hydrogen-bond donors (Lipinski definition) is 1. The molecule has 84 valence electrons. The second kappa shape index (κ2) is 4.20. The minimum atomic E-state index is -1.51. The predicted octanol–water partition coefficient (Wildman–Crippen LogP) is 1.92. The van der Waals surface area contributed by atoms with Crippen molar-refractivity contribution in [3.8, 4) is 0 Å². The third-order valence-corrected chi connectivity index (χ3v) is 2.44. The number of methoxy groups -OCH3 is 1. The van der Waals surface area contributed by atoms with E-state index in [2.05, 4.69) is 0 Å². The summed E-state index contributed by atoms with van der Waals surface area (Å²) in [6.45, 7) is 1.47. The Hall–Kier alpha value is -1.07. The number of benzene rings is 1. The largest absolute Gasteiger partial charge is 0.372 e. The quantitative estimate of drug-likeness (QED) is 0.788. The van der Waals surface area contributed by atoms with Crippen molar-refractivity contribution >= 4 is 0 Å². The molecule has 0 heterocycles. The molecule has 1 aromatic rings. The van der Waals surface area contributed by atoms with Crippen molar-refractivity contribution in [1.29, 1.82) is 0 Å². The Labute approximate surface area is 85.8 Å². The lowest BCUT2D eigenvalue weighted by molar-refractivity contribution is 0.00650. The first-order chi connectivity index (χ1) is 6.96. The fourth-order valence-electron chi connectivity index (χ4n) is 1.24. The third-order valence-electron chi connectivity index (χ3n) is 2.44. The fourth-order valence-corrected chi connectivity index (χ4v) is 1.24. The van der Waals surface area contributed by atoms with E-state index < -0.39 is 23.1 Å². The van der Waals surface area contributed by atoms with Crippen LogP contribution >= 0.6 is 0 Å². The Morgan fingerprint density at radius 3 is 2.33 bits per heavy atom. The van der Waals surface area contributed by atoms with Gasteiger partial charge in [0.15, 0.2) is 17.5 Å². The first-order valence-corrected chi connectivity index (χ1v) is 4.35. The van der Waals surface area contributed by atoms with Gasteiger partial charge in [0.25, 0.3) is 0 Å². The normalized spacial score (nSPS) is 15.1. The average molecular weight is 219 g/mol. The molecule has 0 bridgehead atoms. The minimum absolute atomic E-state index is 0.0362. The van der Waals surface area contributed by atoms with E-state index in [9.17, 15) is 13.2 Å². The fraction of sp³-hybridized carbons (Fsp3) is 0.400. The molecule has 0 aliphatic heterocycles. The van der Waals surface area contributed by atoms with Crippen LogP contribution in [0.2, 0.25) is 0 Å². The lowest BCUT2D eigenvalue weighted by Gasteiger charge is -2.27. The summed E-state index contributed by atoms with van der Waals surface area (Å²) in [7, 11) is 1.33. The Morgan fingerprint density at radius 2 is 1.87 bits per heavy atom. The van der Waals surface area contributed by atoms with E-state index in [-0.39, 0.29) is 12.1 Å². The summed E-state index contributed by atoms with van der Waals surface area (Å²) in [5.41, 5.74) is 4.15. The summed E-state index contributed by atoms with van der Waals surface area (Å²) in [6.07, 6.45) is 0. The number of rotatable bonds is 3. The van der Waals surface area contributed by atoms with Crippen molar-refractivity contribution in [2.45, 2.75) is 12.5 Å². The zero-order valence-electron chi connectivity index (χ0n) is 8.48. The molecule has 0 aliphatic carbocycles. The highest BCUT2D eigenvalue weighted by Gasteiger charge is 2.30. The summed E-state index contributed by atoms with van der Waals surface area (Å²) in [5, 5.41) is 0. The van der Waals surface area contributed by atoms with Gasteiger partial charge < -0.3 is 10.5 Å². The Morgan fingerprint density at radius 1 is 1.27 bits per heavy atom. The molecule has 0 saturated carbocycles. The van der Waals surface area contributed by atoms with Crippen LogP contribution < -0.4 is 5.73 Å². The lowest BCUT2D eigenvalue weighted by Crippen LogP contribution is -2.35. The maximum absolute atomic E-state index is 13.4. The van der Waals surface area contributed by atoms with E-state index in [1.807, 2.05) is 0 Å². The molecular weight excluding hydrogens is 207 g/mol. The molecule has 1 unspecified atom stereocenters. The molecule has 15 heavy (non-hydrogen) atoms. The molecule has 0 radical (unpaired) electrons. The zero-order chi connectivity index (χ0) is 11.6. The predicted molar refractivity (Wildman–Crippen MR) is 49.7 cm³/mol. The van der Waals surface area contributed by atoms with Gasteiger partial charge in [-0.15, -0.1) is 0 Å². The van der Waals surface area contributed by atoms with Crippen LogP contribution in [0.1, 0.15) is 12.5 Å². The first-order valence-electron chi connectivity index (χ1n) is 4.35. The second-order valence-electron chi connectivity index (χ2n) is 3.36. The third kappa shape index (κ3) is 1.98. The molecule has 2 nitrogen and oxygen atoms in total. The molecule has 0 aliphatic rings. The molecule has 0 aromatic heterocycles. The van der Waals surface area contributed by atoms with Crippen LogP contribution in [0.3, 0.4) is 0 Å². The van der Waals surface area contributed by atoms with E-state index >= 15 is 0 Å². The van der Waals surface area contributed by atoms with Crippen molar-refractivity contribution in [3.63, 3.8) is 0 Å². The summed E-state index contributed by atoms with van der Waals surface area (Å²) < 4.78 is 44.0. The van der Waals surface area contributed by atoms with E-state index in [1.165, 1.54) is 14.0 Å².